The molecular formula is C22H36N2O2. The molecule has 2 aliphatic heterocycles. The zero-order valence-electron chi connectivity index (χ0n) is 16.6. The number of piperidine rings is 1. The molecule has 0 radical (unpaired) electrons. The quantitative estimate of drug-likeness (QED) is 0.810. The minimum Gasteiger partial charge on any atom is -0.393 e. The summed E-state index contributed by atoms with van der Waals surface area (Å²) in [7, 11) is 0. The van der Waals surface area contributed by atoms with Crippen molar-refractivity contribution in [2.45, 2.75) is 52.3 Å². The van der Waals surface area contributed by atoms with Crippen molar-refractivity contribution in [1.82, 2.24) is 9.80 Å². The van der Waals surface area contributed by atoms with Gasteiger partial charge in [-0.15, -0.1) is 0 Å². The molecule has 0 aliphatic carbocycles. The Balaban J connectivity index is 1.46. The predicted molar refractivity (Wildman–Crippen MR) is 106 cm³/mol. The minimum atomic E-state index is -0.117. The first-order valence-corrected chi connectivity index (χ1v) is 10.4. The van der Waals surface area contributed by atoms with Gasteiger partial charge in [-0.2, -0.15) is 0 Å². The number of morpholine rings is 1. The summed E-state index contributed by atoms with van der Waals surface area (Å²) in [5.74, 6) is 1.07. The molecule has 0 aromatic heterocycles. The summed E-state index contributed by atoms with van der Waals surface area (Å²) >= 11 is 0. The molecule has 0 saturated carbocycles. The number of likely N-dealkylation sites (tertiary alicyclic amines) is 1. The molecule has 1 atom stereocenters. The highest BCUT2D eigenvalue weighted by Gasteiger charge is 2.25. The Bertz CT molecular complexity index is 535. The van der Waals surface area contributed by atoms with Gasteiger partial charge in [-0.1, -0.05) is 38.1 Å². The Morgan fingerprint density at radius 3 is 2.15 bits per heavy atom. The van der Waals surface area contributed by atoms with E-state index >= 15 is 0 Å². The molecular weight excluding hydrogens is 324 g/mol. The van der Waals surface area contributed by atoms with Crippen LogP contribution in [0.1, 0.15) is 44.2 Å². The van der Waals surface area contributed by atoms with Crippen LogP contribution in [0.3, 0.4) is 0 Å². The van der Waals surface area contributed by atoms with Crippen molar-refractivity contribution in [3.05, 3.63) is 35.4 Å². The first kappa shape index (κ1) is 19.8. The van der Waals surface area contributed by atoms with E-state index in [4.69, 9.17) is 4.74 Å². The SMILES string of the molecule is CC(C)C[C@@H](O)C1CCN(Cc2cccc(CN3CCOCC3)c2)CC1. The standard InChI is InChI=1S/C22H36N2O2/c1-18(2)14-22(25)21-6-8-23(9-7-21)16-19-4-3-5-20(15-19)17-24-10-12-26-13-11-24/h3-5,15,18,21-22,25H,6-14,16-17H2,1-2H3/t22-/m1/s1. The molecule has 0 bridgehead atoms. The van der Waals surface area contributed by atoms with Crippen LogP contribution in [-0.4, -0.2) is 60.4 Å². The van der Waals surface area contributed by atoms with Gasteiger partial charge >= 0.3 is 0 Å². The molecule has 0 unspecified atom stereocenters. The molecule has 2 heterocycles. The third-order valence-corrected chi connectivity index (χ3v) is 5.80. The summed E-state index contributed by atoms with van der Waals surface area (Å²) < 4.78 is 5.44. The molecule has 4 heteroatoms. The third-order valence-electron chi connectivity index (χ3n) is 5.80. The van der Waals surface area contributed by atoms with Gasteiger partial charge < -0.3 is 9.84 Å². The van der Waals surface area contributed by atoms with Crippen LogP contribution in [0.2, 0.25) is 0 Å². The molecule has 2 saturated heterocycles. The highest BCUT2D eigenvalue weighted by Crippen LogP contribution is 2.25. The van der Waals surface area contributed by atoms with Crippen molar-refractivity contribution in [1.29, 1.82) is 0 Å². The Morgan fingerprint density at radius 2 is 1.58 bits per heavy atom. The van der Waals surface area contributed by atoms with Gasteiger partial charge in [0.2, 0.25) is 0 Å². The van der Waals surface area contributed by atoms with Crippen molar-refractivity contribution in [3.63, 3.8) is 0 Å². The van der Waals surface area contributed by atoms with E-state index in [2.05, 4.69) is 47.9 Å². The van der Waals surface area contributed by atoms with Gasteiger partial charge in [0.1, 0.15) is 0 Å². The normalized spacial score (nSPS) is 22.0. The van der Waals surface area contributed by atoms with Crippen molar-refractivity contribution in [3.8, 4) is 0 Å². The van der Waals surface area contributed by atoms with Crippen LogP contribution in [0.5, 0.6) is 0 Å². The van der Waals surface area contributed by atoms with Crippen LogP contribution in [-0.2, 0) is 17.8 Å². The maximum absolute atomic E-state index is 10.4. The Kier molecular flexibility index (Phi) is 7.50. The Labute approximate surface area is 159 Å². The number of hydrogen-bond donors (Lipinski definition) is 1. The van der Waals surface area contributed by atoms with E-state index < -0.39 is 0 Å². The Hall–Kier alpha value is -0.940. The number of aliphatic hydroxyl groups excluding tert-OH is 1. The van der Waals surface area contributed by atoms with Crippen LogP contribution in [0.25, 0.3) is 0 Å². The predicted octanol–water partition coefficient (Wildman–Crippen LogP) is 3.14. The fraction of sp³-hybridized carbons (Fsp3) is 0.727. The average Bonchev–Trinajstić information content (AvgIpc) is 2.63. The number of aliphatic hydroxyl groups is 1. The first-order chi connectivity index (χ1) is 12.6. The summed E-state index contributed by atoms with van der Waals surface area (Å²) in [4.78, 5) is 5.02. The van der Waals surface area contributed by atoms with E-state index in [1.807, 2.05) is 0 Å². The van der Waals surface area contributed by atoms with E-state index in [0.29, 0.717) is 11.8 Å². The fourth-order valence-corrected chi connectivity index (χ4v) is 4.27. The molecule has 3 rings (SSSR count). The summed E-state index contributed by atoms with van der Waals surface area (Å²) in [5, 5.41) is 10.4. The second-order valence-electron chi connectivity index (χ2n) is 8.52. The number of hydrogen-bond acceptors (Lipinski definition) is 4. The van der Waals surface area contributed by atoms with Gasteiger partial charge in [0, 0.05) is 26.2 Å². The molecule has 26 heavy (non-hydrogen) atoms. The molecule has 0 amide bonds. The van der Waals surface area contributed by atoms with Gasteiger partial charge in [-0.3, -0.25) is 9.80 Å². The highest BCUT2D eigenvalue weighted by molar-refractivity contribution is 5.23. The van der Waals surface area contributed by atoms with E-state index in [0.717, 1.165) is 71.7 Å². The fourth-order valence-electron chi connectivity index (χ4n) is 4.27. The van der Waals surface area contributed by atoms with Gasteiger partial charge in [-0.25, -0.2) is 0 Å². The molecule has 1 aromatic rings. The first-order valence-electron chi connectivity index (χ1n) is 10.4. The van der Waals surface area contributed by atoms with Gasteiger partial charge in [0.25, 0.3) is 0 Å². The molecule has 0 spiro atoms. The Morgan fingerprint density at radius 1 is 1.00 bits per heavy atom. The van der Waals surface area contributed by atoms with Gasteiger partial charge in [0.15, 0.2) is 0 Å². The monoisotopic (exact) mass is 360 g/mol. The number of benzene rings is 1. The summed E-state index contributed by atoms with van der Waals surface area (Å²) in [6.07, 6.45) is 3.07. The molecule has 1 aromatic carbocycles. The summed E-state index contributed by atoms with van der Waals surface area (Å²) in [5.41, 5.74) is 2.82. The third kappa shape index (κ3) is 6.05. The lowest BCUT2D eigenvalue weighted by atomic mass is 9.87. The molecule has 146 valence electrons. The zero-order valence-corrected chi connectivity index (χ0v) is 16.6. The second-order valence-corrected chi connectivity index (χ2v) is 8.52. The zero-order chi connectivity index (χ0) is 18.4. The lowest BCUT2D eigenvalue weighted by Gasteiger charge is -2.34. The minimum absolute atomic E-state index is 0.117. The van der Waals surface area contributed by atoms with Gasteiger partial charge in [-0.05, 0) is 55.3 Å². The van der Waals surface area contributed by atoms with Crippen LogP contribution >= 0.6 is 0 Å². The number of nitrogens with zero attached hydrogens (tertiary/aromatic N) is 2. The van der Waals surface area contributed by atoms with Crippen LogP contribution in [0, 0.1) is 11.8 Å². The van der Waals surface area contributed by atoms with Crippen molar-refractivity contribution in [2.75, 3.05) is 39.4 Å². The van der Waals surface area contributed by atoms with E-state index in [1.165, 1.54) is 11.1 Å². The van der Waals surface area contributed by atoms with Crippen molar-refractivity contribution < 1.29 is 9.84 Å². The van der Waals surface area contributed by atoms with Crippen molar-refractivity contribution >= 4 is 0 Å². The van der Waals surface area contributed by atoms with E-state index in [1.54, 1.807) is 0 Å². The lowest BCUT2D eigenvalue weighted by Crippen LogP contribution is -2.37. The number of ether oxygens (including phenoxy) is 1. The number of rotatable bonds is 7. The maximum atomic E-state index is 10.4. The van der Waals surface area contributed by atoms with Crippen LogP contribution in [0.4, 0.5) is 0 Å². The second kappa shape index (κ2) is 9.84. The summed E-state index contributed by atoms with van der Waals surface area (Å²) in [6, 6.07) is 9.06. The molecule has 2 aliphatic rings. The average molecular weight is 361 g/mol. The topological polar surface area (TPSA) is 35.9 Å². The van der Waals surface area contributed by atoms with Crippen LogP contribution < -0.4 is 0 Å². The largest absolute Gasteiger partial charge is 0.393 e. The highest BCUT2D eigenvalue weighted by atomic mass is 16.5. The van der Waals surface area contributed by atoms with E-state index in [-0.39, 0.29) is 6.10 Å². The molecule has 4 nitrogen and oxygen atoms in total. The summed E-state index contributed by atoms with van der Waals surface area (Å²) in [6.45, 7) is 12.5. The maximum Gasteiger partial charge on any atom is 0.0594 e. The van der Waals surface area contributed by atoms with Crippen LogP contribution in [0.15, 0.2) is 24.3 Å². The van der Waals surface area contributed by atoms with Gasteiger partial charge in [0.05, 0.1) is 19.3 Å². The van der Waals surface area contributed by atoms with E-state index in [9.17, 15) is 5.11 Å². The van der Waals surface area contributed by atoms with Crippen molar-refractivity contribution in [2.24, 2.45) is 11.8 Å². The molecule has 2 fully saturated rings. The molecule has 1 N–H and O–H groups in total. The smallest absolute Gasteiger partial charge is 0.0594 e. The lowest BCUT2D eigenvalue weighted by molar-refractivity contribution is 0.0341.